The molecule has 1 N–H and O–H groups in total. The molecule has 5 nitrogen and oxygen atoms in total. The number of carbonyl (C=O) groups excluding carboxylic acids is 1. The second-order valence-corrected chi connectivity index (χ2v) is 5.78. The van der Waals surface area contributed by atoms with Gasteiger partial charge in [0, 0.05) is 12.8 Å². The highest BCUT2D eigenvalue weighted by molar-refractivity contribution is 5.84. The second kappa shape index (κ2) is 7.21. The van der Waals surface area contributed by atoms with Crippen LogP contribution in [0.2, 0.25) is 0 Å². The maximum absolute atomic E-state index is 12.2. The van der Waals surface area contributed by atoms with Gasteiger partial charge in [-0.2, -0.15) is 0 Å². The molecule has 3 rings (SSSR count). The van der Waals surface area contributed by atoms with Gasteiger partial charge in [0.05, 0.1) is 18.1 Å². The molecule has 128 valence electrons. The van der Waals surface area contributed by atoms with Gasteiger partial charge in [-0.1, -0.05) is 36.4 Å². The molecule has 0 aliphatic rings. The van der Waals surface area contributed by atoms with E-state index >= 15 is 0 Å². The molecule has 0 aliphatic heterocycles. The Balaban J connectivity index is 1.82. The first-order chi connectivity index (χ1) is 12.1. The molecule has 0 unspecified atom stereocenters. The van der Waals surface area contributed by atoms with Gasteiger partial charge in [0.2, 0.25) is 0 Å². The molecule has 2 aromatic carbocycles. The van der Waals surface area contributed by atoms with Gasteiger partial charge in [-0.15, -0.1) is 0 Å². The standard InChI is InChI=1S/C20H18O5/c1-24-18(21)11-10-13-6-8-14(9-7-13)12-16-19(22)15-4-2-3-5-17(15)25-20(16)23/h2-9,22H,10-12H2,1H3. The Morgan fingerprint density at radius 2 is 1.76 bits per heavy atom. The van der Waals surface area contributed by atoms with E-state index in [1.165, 1.54) is 7.11 Å². The first-order valence-electron chi connectivity index (χ1n) is 7.97. The number of aromatic hydroxyl groups is 1. The van der Waals surface area contributed by atoms with Crippen LogP contribution in [-0.2, 0) is 22.4 Å². The van der Waals surface area contributed by atoms with Crippen molar-refractivity contribution in [1.29, 1.82) is 0 Å². The maximum Gasteiger partial charge on any atom is 0.343 e. The number of hydrogen-bond donors (Lipinski definition) is 1. The van der Waals surface area contributed by atoms with Crippen molar-refractivity contribution in [3.63, 3.8) is 0 Å². The molecule has 0 aliphatic carbocycles. The molecule has 0 fully saturated rings. The molecule has 0 saturated carbocycles. The van der Waals surface area contributed by atoms with Crippen LogP contribution in [0, 0.1) is 0 Å². The van der Waals surface area contributed by atoms with Crippen LogP contribution in [-0.4, -0.2) is 18.2 Å². The van der Waals surface area contributed by atoms with Crippen molar-refractivity contribution in [2.75, 3.05) is 7.11 Å². The number of ether oxygens (including phenoxy) is 1. The Kier molecular flexibility index (Phi) is 4.84. The minimum Gasteiger partial charge on any atom is -0.507 e. The Bertz CT molecular complexity index is 954. The molecule has 0 spiro atoms. The fourth-order valence-electron chi connectivity index (χ4n) is 2.70. The number of esters is 1. The average molecular weight is 338 g/mol. The van der Waals surface area contributed by atoms with Crippen LogP contribution >= 0.6 is 0 Å². The van der Waals surface area contributed by atoms with E-state index in [1.807, 2.05) is 24.3 Å². The van der Waals surface area contributed by atoms with E-state index in [4.69, 9.17) is 4.42 Å². The van der Waals surface area contributed by atoms with Crippen molar-refractivity contribution in [2.24, 2.45) is 0 Å². The SMILES string of the molecule is COC(=O)CCc1ccc(Cc2c(O)c3ccccc3oc2=O)cc1. The summed E-state index contributed by atoms with van der Waals surface area (Å²) in [5.74, 6) is -0.288. The molecule has 0 bridgehead atoms. The third kappa shape index (κ3) is 3.71. The predicted octanol–water partition coefficient (Wildman–Crippen LogP) is 3.20. The number of rotatable bonds is 5. The lowest BCUT2D eigenvalue weighted by atomic mass is 10.0. The highest BCUT2D eigenvalue weighted by Crippen LogP contribution is 2.27. The van der Waals surface area contributed by atoms with Crippen LogP contribution in [0.4, 0.5) is 0 Å². The van der Waals surface area contributed by atoms with Crippen LogP contribution in [0.25, 0.3) is 11.0 Å². The summed E-state index contributed by atoms with van der Waals surface area (Å²) in [6.45, 7) is 0. The molecule has 0 radical (unpaired) electrons. The normalized spacial score (nSPS) is 10.8. The summed E-state index contributed by atoms with van der Waals surface area (Å²) in [7, 11) is 1.37. The van der Waals surface area contributed by atoms with Crippen molar-refractivity contribution in [2.45, 2.75) is 19.3 Å². The van der Waals surface area contributed by atoms with Crippen LogP contribution in [0.1, 0.15) is 23.1 Å². The summed E-state index contributed by atoms with van der Waals surface area (Å²) in [6.07, 6.45) is 1.19. The fraction of sp³-hybridized carbons (Fsp3) is 0.200. The zero-order chi connectivity index (χ0) is 17.8. The Morgan fingerprint density at radius 3 is 2.48 bits per heavy atom. The van der Waals surface area contributed by atoms with E-state index in [2.05, 4.69) is 4.74 Å². The van der Waals surface area contributed by atoms with Gasteiger partial charge in [0.1, 0.15) is 11.3 Å². The average Bonchev–Trinajstić information content (AvgIpc) is 2.64. The van der Waals surface area contributed by atoms with Crippen molar-refractivity contribution in [3.8, 4) is 5.75 Å². The zero-order valence-corrected chi connectivity index (χ0v) is 13.8. The number of benzene rings is 2. The maximum atomic E-state index is 12.2. The van der Waals surface area contributed by atoms with Gasteiger partial charge >= 0.3 is 11.6 Å². The lowest BCUT2D eigenvalue weighted by molar-refractivity contribution is -0.140. The molecule has 1 aromatic heterocycles. The summed E-state index contributed by atoms with van der Waals surface area (Å²) in [4.78, 5) is 23.3. The Morgan fingerprint density at radius 1 is 1.08 bits per heavy atom. The predicted molar refractivity (Wildman–Crippen MR) is 93.7 cm³/mol. The van der Waals surface area contributed by atoms with E-state index in [9.17, 15) is 14.7 Å². The van der Waals surface area contributed by atoms with Gasteiger partial charge in [-0.05, 0) is 29.7 Å². The van der Waals surface area contributed by atoms with E-state index in [-0.39, 0.29) is 23.7 Å². The number of carbonyl (C=O) groups is 1. The molecular formula is C20H18O5. The topological polar surface area (TPSA) is 76.7 Å². The monoisotopic (exact) mass is 338 g/mol. The summed E-state index contributed by atoms with van der Waals surface area (Å²) < 4.78 is 9.90. The molecule has 3 aromatic rings. The second-order valence-electron chi connectivity index (χ2n) is 5.78. The molecule has 0 saturated heterocycles. The van der Waals surface area contributed by atoms with Gasteiger partial charge in [0.25, 0.3) is 0 Å². The molecule has 1 heterocycles. The minimum absolute atomic E-state index is 0.0402. The first-order valence-corrected chi connectivity index (χ1v) is 7.97. The van der Waals surface area contributed by atoms with Gasteiger partial charge in [-0.25, -0.2) is 4.79 Å². The third-order valence-electron chi connectivity index (χ3n) is 4.13. The summed E-state index contributed by atoms with van der Waals surface area (Å²) in [5.41, 5.74) is 1.95. The van der Waals surface area contributed by atoms with Crippen molar-refractivity contribution < 1.29 is 19.1 Å². The first kappa shape index (κ1) is 16.8. The lowest BCUT2D eigenvalue weighted by Gasteiger charge is -2.07. The van der Waals surface area contributed by atoms with Crippen LogP contribution in [0.5, 0.6) is 5.75 Å². The minimum atomic E-state index is -0.536. The number of methoxy groups -OCH3 is 1. The van der Waals surface area contributed by atoms with Gasteiger partial charge in [0.15, 0.2) is 0 Å². The summed E-state index contributed by atoms with van der Waals surface area (Å²) in [5, 5.41) is 10.9. The van der Waals surface area contributed by atoms with Gasteiger partial charge in [-0.3, -0.25) is 4.79 Å². The largest absolute Gasteiger partial charge is 0.507 e. The summed E-state index contributed by atoms with van der Waals surface area (Å²) >= 11 is 0. The summed E-state index contributed by atoms with van der Waals surface area (Å²) in [6, 6.07) is 14.4. The quantitative estimate of drug-likeness (QED) is 0.571. The Hall–Kier alpha value is -3.08. The highest BCUT2D eigenvalue weighted by Gasteiger charge is 2.14. The number of fused-ring (bicyclic) bond motifs is 1. The molecule has 0 amide bonds. The van der Waals surface area contributed by atoms with Crippen LogP contribution in [0.3, 0.4) is 0 Å². The highest BCUT2D eigenvalue weighted by atomic mass is 16.5. The molecular weight excluding hydrogens is 320 g/mol. The zero-order valence-electron chi connectivity index (χ0n) is 13.8. The third-order valence-corrected chi connectivity index (χ3v) is 4.13. The van der Waals surface area contributed by atoms with E-state index in [0.717, 1.165) is 11.1 Å². The smallest absolute Gasteiger partial charge is 0.343 e. The van der Waals surface area contributed by atoms with E-state index < -0.39 is 5.63 Å². The van der Waals surface area contributed by atoms with Crippen LogP contribution < -0.4 is 5.63 Å². The molecule has 5 heteroatoms. The molecule has 25 heavy (non-hydrogen) atoms. The number of aryl methyl sites for hydroxylation is 1. The van der Waals surface area contributed by atoms with Crippen molar-refractivity contribution in [1.82, 2.24) is 0 Å². The lowest BCUT2D eigenvalue weighted by Crippen LogP contribution is -2.08. The van der Waals surface area contributed by atoms with Crippen molar-refractivity contribution in [3.05, 3.63) is 75.6 Å². The number of para-hydroxylation sites is 1. The van der Waals surface area contributed by atoms with E-state index in [0.29, 0.717) is 23.8 Å². The molecule has 0 atom stereocenters. The Labute approximate surface area is 144 Å². The van der Waals surface area contributed by atoms with Gasteiger partial charge < -0.3 is 14.3 Å². The van der Waals surface area contributed by atoms with Crippen LogP contribution in [0.15, 0.2) is 57.7 Å². The van der Waals surface area contributed by atoms with E-state index in [1.54, 1.807) is 24.3 Å². The number of hydrogen-bond acceptors (Lipinski definition) is 5. The van der Waals surface area contributed by atoms with Crippen molar-refractivity contribution >= 4 is 16.9 Å². The fourth-order valence-corrected chi connectivity index (χ4v) is 2.70.